The first kappa shape index (κ1) is 32.0. The Hall–Kier alpha value is -2.49. The topological polar surface area (TPSA) is 86.8 Å². The fourth-order valence-electron chi connectivity index (χ4n) is 4.02. The van der Waals surface area contributed by atoms with Crippen molar-refractivity contribution >= 4 is 73.9 Å². The zero-order chi connectivity index (χ0) is 29.6. The van der Waals surface area contributed by atoms with E-state index in [0.717, 1.165) is 16.1 Å². The number of amides is 2. The van der Waals surface area contributed by atoms with E-state index in [-0.39, 0.29) is 34.7 Å². The van der Waals surface area contributed by atoms with Gasteiger partial charge in [-0.25, -0.2) is 8.42 Å². The van der Waals surface area contributed by atoms with Crippen molar-refractivity contribution in [2.45, 2.75) is 38.9 Å². The van der Waals surface area contributed by atoms with Gasteiger partial charge in [0.2, 0.25) is 21.8 Å². The van der Waals surface area contributed by atoms with E-state index in [1.165, 1.54) is 23.1 Å². The first-order chi connectivity index (χ1) is 18.8. The predicted octanol–water partition coefficient (Wildman–Crippen LogP) is 6.23. The summed E-state index contributed by atoms with van der Waals surface area (Å²) in [4.78, 5) is 28.9. The van der Waals surface area contributed by atoms with Gasteiger partial charge in [0.1, 0.15) is 12.6 Å². The van der Waals surface area contributed by atoms with Gasteiger partial charge >= 0.3 is 0 Å². The van der Waals surface area contributed by atoms with Crippen molar-refractivity contribution in [3.05, 3.63) is 97.9 Å². The van der Waals surface area contributed by atoms with Gasteiger partial charge < -0.3 is 10.2 Å². The molecule has 0 saturated heterocycles. The molecule has 0 aliphatic rings. The standard InChI is InChI=1S/C28H29Cl4N3O4S/c1-18(2)33-28(37)26(13-19-7-5-4-6-8-19)34(16-20-9-10-21(29)14-24(20)31)27(36)17-35(40(3,38)39)22-11-12-23(30)25(32)15-22/h4-12,14-15,18,26H,13,16-17H2,1-3H3,(H,33,37)/t26-/m0/s1. The normalized spacial score (nSPS) is 12.2. The Morgan fingerprint density at radius 3 is 2.12 bits per heavy atom. The lowest BCUT2D eigenvalue weighted by Crippen LogP contribution is -2.54. The summed E-state index contributed by atoms with van der Waals surface area (Å²) >= 11 is 24.7. The maximum Gasteiger partial charge on any atom is 0.244 e. The largest absolute Gasteiger partial charge is 0.352 e. The number of nitrogens with one attached hydrogen (secondary N) is 1. The minimum atomic E-state index is -3.95. The molecule has 1 atom stereocenters. The average molecular weight is 645 g/mol. The lowest BCUT2D eigenvalue weighted by molar-refractivity contribution is -0.140. The van der Waals surface area contributed by atoms with Crippen molar-refractivity contribution < 1.29 is 18.0 Å². The van der Waals surface area contributed by atoms with Crippen LogP contribution in [0.3, 0.4) is 0 Å². The Labute approximate surface area is 255 Å². The van der Waals surface area contributed by atoms with Crippen molar-refractivity contribution in [3.63, 3.8) is 0 Å². The first-order valence-electron chi connectivity index (χ1n) is 12.3. The number of nitrogens with zero attached hydrogens (tertiary/aromatic N) is 2. The van der Waals surface area contributed by atoms with E-state index >= 15 is 0 Å². The van der Waals surface area contributed by atoms with Gasteiger partial charge in [-0.05, 0) is 55.3 Å². The second kappa shape index (κ2) is 13.9. The van der Waals surface area contributed by atoms with Crippen LogP contribution >= 0.6 is 46.4 Å². The van der Waals surface area contributed by atoms with Gasteiger partial charge in [0, 0.05) is 29.1 Å². The monoisotopic (exact) mass is 643 g/mol. The minimum absolute atomic E-state index is 0.0726. The van der Waals surface area contributed by atoms with E-state index in [4.69, 9.17) is 46.4 Å². The first-order valence-corrected chi connectivity index (χ1v) is 15.6. The molecular weight excluding hydrogens is 616 g/mol. The molecule has 3 aromatic rings. The summed E-state index contributed by atoms with van der Waals surface area (Å²) in [7, 11) is -3.95. The third kappa shape index (κ3) is 8.75. The van der Waals surface area contributed by atoms with E-state index in [1.807, 2.05) is 44.2 Å². The highest BCUT2D eigenvalue weighted by atomic mass is 35.5. The van der Waals surface area contributed by atoms with E-state index in [2.05, 4.69) is 5.32 Å². The molecule has 0 aliphatic heterocycles. The average Bonchev–Trinajstić information content (AvgIpc) is 2.87. The maximum atomic E-state index is 14.0. The van der Waals surface area contributed by atoms with Crippen LogP contribution in [-0.4, -0.2) is 50.0 Å². The summed E-state index contributed by atoms with van der Waals surface area (Å²) in [5.74, 6) is -1.01. The molecule has 1 N–H and O–H groups in total. The molecule has 0 saturated carbocycles. The SMILES string of the molecule is CC(C)NC(=O)[C@H](Cc1ccccc1)N(Cc1ccc(Cl)cc1Cl)C(=O)CN(c1ccc(Cl)c(Cl)c1)S(C)(=O)=O. The van der Waals surface area contributed by atoms with Crippen LogP contribution < -0.4 is 9.62 Å². The minimum Gasteiger partial charge on any atom is -0.352 e. The lowest BCUT2D eigenvalue weighted by atomic mass is 10.0. The number of carbonyl (C=O) groups excluding carboxylic acids is 2. The lowest BCUT2D eigenvalue weighted by Gasteiger charge is -2.34. The fourth-order valence-corrected chi connectivity index (χ4v) is 5.62. The van der Waals surface area contributed by atoms with Crippen LogP contribution in [0.25, 0.3) is 0 Å². The number of sulfonamides is 1. The number of benzene rings is 3. The zero-order valence-electron chi connectivity index (χ0n) is 22.1. The Balaban J connectivity index is 2.09. The molecule has 12 heteroatoms. The summed E-state index contributed by atoms with van der Waals surface area (Å²) in [6, 6.07) is 17.1. The second-order valence-corrected chi connectivity index (χ2v) is 13.1. The zero-order valence-corrected chi connectivity index (χ0v) is 25.9. The summed E-state index contributed by atoms with van der Waals surface area (Å²) < 4.78 is 26.6. The van der Waals surface area contributed by atoms with Crippen molar-refractivity contribution in [2.24, 2.45) is 0 Å². The second-order valence-electron chi connectivity index (χ2n) is 9.49. The third-order valence-corrected chi connectivity index (χ3v) is 8.39. The van der Waals surface area contributed by atoms with Crippen LogP contribution in [0.4, 0.5) is 5.69 Å². The van der Waals surface area contributed by atoms with Gasteiger partial charge in [-0.15, -0.1) is 0 Å². The molecule has 0 spiro atoms. The molecule has 7 nitrogen and oxygen atoms in total. The molecular formula is C28H29Cl4N3O4S. The third-order valence-electron chi connectivity index (χ3n) is 5.93. The van der Waals surface area contributed by atoms with Gasteiger partial charge in [0.15, 0.2) is 0 Å². The van der Waals surface area contributed by atoms with Gasteiger partial charge in [0.05, 0.1) is 22.0 Å². The molecule has 214 valence electrons. The van der Waals surface area contributed by atoms with Crippen LogP contribution in [0, 0.1) is 0 Å². The molecule has 2 amide bonds. The Bertz CT molecular complexity index is 1470. The van der Waals surface area contributed by atoms with E-state index in [9.17, 15) is 18.0 Å². The van der Waals surface area contributed by atoms with Crippen LogP contribution in [0.15, 0.2) is 66.7 Å². The Morgan fingerprint density at radius 2 is 1.55 bits per heavy atom. The number of hydrogen-bond acceptors (Lipinski definition) is 4. The van der Waals surface area contributed by atoms with Crippen LogP contribution in [0.5, 0.6) is 0 Å². The van der Waals surface area contributed by atoms with Crippen LogP contribution in [0.1, 0.15) is 25.0 Å². The van der Waals surface area contributed by atoms with Gasteiger partial charge in [-0.3, -0.25) is 13.9 Å². The molecule has 40 heavy (non-hydrogen) atoms. The maximum absolute atomic E-state index is 14.0. The summed E-state index contributed by atoms with van der Waals surface area (Å²) in [5.41, 5.74) is 1.51. The van der Waals surface area contributed by atoms with E-state index in [0.29, 0.717) is 15.6 Å². The van der Waals surface area contributed by atoms with Crippen molar-refractivity contribution in [3.8, 4) is 0 Å². The van der Waals surface area contributed by atoms with Crippen molar-refractivity contribution in [1.29, 1.82) is 0 Å². The van der Waals surface area contributed by atoms with E-state index < -0.39 is 34.4 Å². The van der Waals surface area contributed by atoms with Crippen molar-refractivity contribution in [2.75, 3.05) is 17.1 Å². The molecule has 3 rings (SSSR count). The number of hydrogen-bond donors (Lipinski definition) is 1. The molecule has 0 bridgehead atoms. The number of carbonyl (C=O) groups is 2. The highest BCUT2D eigenvalue weighted by Gasteiger charge is 2.33. The van der Waals surface area contributed by atoms with Crippen LogP contribution in [0.2, 0.25) is 20.1 Å². The molecule has 3 aromatic carbocycles. The number of anilines is 1. The van der Waals surface area contributed by atoms with Gasteiger partial charge in [-0.2, -0.15) is 0 Å². The van der Waals surface area contributed by atoms with Gasteiger partial charge in [0.25, 0.3) is 0 Å². The summed E-state index contributed by atoms with van der Waals surface area (Å²) in [6.07, 6.45) is 1.16. The molecule has 0 aromatic heterocycles. The van der Waals surface area contributed by atoms with E-state index in [1.54, 1.807) is 18.2 Å². The fraction of sp³-hybridized carbons (Fsp3) is 0.286. The molecule has 0 radical (unpaired) electrons. The predicted molar refractivity (Wildman–Crippen MR) is 163 cm³/mol. The van der Waals surface area contributed by atoms with Crippen LogP contribution in [-0.2, 0) is 32.6 Å². The smallest absolute Gasteiger partial charge is 0.244 e. The molecule has 0 aliphatic carbocycles. The molecule has 0 fully saturated rings. The number of rotatable bonds is 11. The van der Waals surface area contributed by atoms with Gasteiger partial charge in [-0.1, -0.05) is 82.8 Å². The summed E-state index contributed by atoms with van der Waals surface area (Å²) in [6.45, 7) is 2.96. The molecule has 0 unspecified atom stereocenters. The molecule has 0 heterocycles. The Morgan fingerprint density at radius 1 is 0.875 bits per heavy atom. The summed E-state index contributed by atoms with van der Waals surface area (Å²) in [5, 5.41) is 3.96. The highest BCUT2D eigenvalue weighted by molar-refractivity contribution is 7.92. The Kier molecular flexibility index (Phi) is 11.1. The highest BCUT2D eigenvalue weighted by Crippen LogP contribution is 2.29. The number of halogens is 4. The van der Waals surface area contributed by atoms with Crippen molar-refractivity contribution in [1.82, 2.24) is 10.2 Å². The quantitative estimate of drug-likeness (QED) is 0.268.